The molecule has 0 bridgehead atoms. The van der Waals surface area contributed by atoms with E-state index >= 15 is 0 Å². The monoisotopic (exact) mass is 309 g/mol. The van der Waals surface area contributed by atoms with E-state index in [4.69, 9.17) is 0 Å². The number of halogens is 1. The first-order chi connectivity index (χ1) is 8.45. The molecule has 1 unspecified atom stereocenters. The van der Waals surface area contributed by atoms with Crippen LogP contribution < -0.4 is 5.32 Å². The maximum Gasteiger partial charge on any atom is 0.0323 e. The van der Waals surface area contributed by atoms with E-state index in [0.717, 1.165) is 19.4 Å². The van der Waals surface area contributed by atoms with Gasteiger partial charge < -0.3 is 5.32 Å². The summed E-state index contributed by atoms with van der Waals surface area (Å²) in [5, 5.41) is 3.57. The number of aryl methyl sites for hydroxylation is 2. The molecule has 0 saturated carbocycles. The summed E-state index contributed by atoms with van der Waals surface area (Å²) in [5.74, 6) is 0. The van der Waals surface area contributed by atoms with E-state index in [1.807, 2.05) is 0 Å². The molecule has 0 heterocycles. The van der Waals surface area contributed by atoms with Gasteiger partial charge in [-0.1, -0.05) is 40.6 Å². The maximum absolute atomic E-state index is 3.99. The minimum Gasteiger partial charge on any atom is -0.310 e. The molecular weight excluding hydrogens is 286 g/mol. The van der Waals surface area contributed by atoms with Crippen LogP contribution in [0.3, 0.4) is 0 Å². The van der Waals surface area contributed by atoms with Crippen LogP contribution in [-0.4, -0.2) is 6.54 Å². The van der Waals surface area contributed by atoms with Crippen molar-refractivity contribution in [1.82, 2.24) is 5.32 Å². The van der Waals surface area contributed by atoms with Crippen molar-refractivity contribution in [2.45, 2.75) is 46.6 Å². The largest absolute Gasteiger partial charge is 0.310 e. The fraction of sp³-hybridized carbons (Fsp3) is 0.500. The number of hydrogen-bond donors (Lipinski definition) is 1. The van der Waals surface area contributed by atoms with E-state index in [1.165, 1.54) is 26.7 Å². The Kier molecular flexibility index (Phi) is 6.10. The lowest BCUT2D eigenvalue weighted by molar-refractivity contribution is 0.514. The van der Waals surface area contributed by atoms with Gasteiger partial charge in [-0.05, 0) is 56.8 Å². The minimum absolute atomic E-state index is 0.428. The smallest absolute Gasteiger partial charge is 0.0323 e. The molecule has 1 nitrogen and oxygen atoms in total. The fourth-order valence-corrected chi connectivity index (χ4v) is 2.43. The van der Waals surface area contributed by atoms with Crippen molar-refractivity contribution in [3.05, 3.63) is 45.4 Å². The molecule has 0 fully saturated rings. The van der Waals surface area contributed by atoms with Gasteiger partial charge in [0.2, 0.25) is 0 Å². The van der Waals surface area contributed by atoms with Crippen LogP contribution in [0.4, 0.5) is 0 Å². The Balaban J connectivity index is 2.94. The predicted octanol–water partition coefficient (Wildman–Crippen LogP) is 5.07. The predicted molar refractivity (Wildman–Crippen MR) is 84.1 cm³/mol. The van der Waals surface area contributed by atoms with Crippen molar-refractivity contribution in [1.29, 1.82) is 0 Å². The van der Waals surface area contributed by atoms with Gasteiger partial charge in [0.25, 0.3) is 0 Å². The molecule has 0 aliphatic rings. The zero-order chi connectivity index (χ0) is 13.7. The van der Waals surface area contributed by atoms with Crippen molar-refractivity contribution in [2.75, 3.05) is 6.54 Å². The summed E-state index contributed by atoms with van der Waals surface area (Å²) in [6.07, 6.45) is 2.19. The number of rotatable bonds is 6. The minimum atomic E-state index is 0.428. The van der Waals surface area contributed by atoms with Crippen molar-refractivity contribution in [3.8, 4) is 0 Å². The average Bonchev–Trinajstić information content (AvgIpc) is 2.30. The molecule has 100 valence electrons. The summed E-state index contributed by atoms with van der Waals surface area (Å²) in [6.45, 7) is 13.6. The molecule has 1 aromatic carbocycles. The van der Waals surface area contributed by atoms with Crippen molar-refractivity contribution >= 4 is 15.9 Å². The summed E-state index contributed by atoms with van der Waals surface area (Å²) < 4.78 is 1.22. The molecule has 1 atom stereocenters. The van der Waals surface area contributed by atoms with E-state index in [0.29, 0.717) is 6.04 Å². The summed E-state index contributed by atoms with van der Waals surface area (Å²) in [6, 6.07) is 4.99. The Morgan fingerprint density at radius 3 is 2.33 bits per heavy atom. The normalized spacial score (nSPS) is 12.5. The Labute approximate surface area is 120 Å². The highest BCUT2D eigenvalue weighted by Gasteiger charge is 2.12. The van der Waals surface area contributed by atoms with Gasteiger partial charge in [0, 0.05) is 10.5 Å². The second-order valence-electron chi connectivity index (χ2n) is 5.07. The standard InChI is InChI=1S/C16H24BrN/c1-6-18-15(8-7-11(2)3)14-9-12(4)16(17)13(5)10-14/h9-10,15,18H,2,6-8H2,1,3-5H3. The van der Waals surface area contributed by atoms with Gasteiger partial charge in [-0.3, -0.25) is 0 Å². The number of nitrogens with one attached hydrogen (secondary N) is 1. The van der Waals surface area contributed by atoms with Crippen LogP contribution in [0.1, 0.15) is 49.4 Å². The lowest BCUT2D eigenvalue weighted by Gasteiger charge is -2.20. The highest BCUT2D eigenvalue weighted by Crippen LogP contribution is 2.28. The zero-order valence-corrected chi connectivity index (χ0v) is 13.5. The van der Waals surface area contributed by atoms with E-state index in [9.17, 15) is 0 Å². The van der Waals surface area contributed by atoms with Gasteiger partial charge in [0.1, 0.15) is 0 Å². The zero-order valence-electron chi connectivity index (χ0n) is 11.9. The van der Waals surface area contributed by atoms with Crippen molar-refractivity contribution < 1.29 is 0 Å². The fourth-order valence-electron chi connectivity index (χ4n) is 2.20. The van der Waals surface area contributed by atoms with Gasteiger partial charge in [0.15, 0.2) is 0 Å². The molecule has 1 N–H and O–H groups in total. The summed E-state index contributed by atoms with van der Waals surface area (Å²) in [5.41, 5.74) is 5.26. The number of benzene rings is 1. The first-order valence-electron chi connectivity index (χ1n) is 6.60. The SMILES string of the molecule is C=C(C)CCC(NCC)c1cc(C)c(Br)c(C)c1. The van der Waals surface area contributed by atoms with E-state index in [1.54, 1.807) is 0 Å². The van der Waals surface area contributed by atoms with E-state index < -0.39 is 0 Å². The Hall–Kier alpha value is -0.600. The third kappa shape index (κ3) is 4.25. The van der Waals surface area contributed by atoms with Gasteiger partial charge in [0.05, 0.1) is 0 Å². The molecule has 1 aromatic rings. The van der Waals surface area contributed by atoms with E-state index in [-0.39, 0.29) is 0 Å². The molecule has 0 aliphatic heterocycles. The molecule has 0 aromatic heterocycles. The number of hydrogen-bond acceptors (Lipinski definition) is 1. The third-order valence-corrected chi connectivity index (χ3v) is 4.42. The van der Waals surface area contributed by atoms with Crippen LogP contribution >= 0.6 is 15.9 Å². The molecule has 0 aliphatic carbocycles. The van der Waals surface area contributed by atoms with Crippen LogP contribution in [0.2, 0.25) is 0 Å². The second-order valence-corrected chi connectivity index (χ2v) is 5.87. The maximum atomic E-state index is 3.99. The summed E-state index contributed by atoms with van der Waals surface area (Å²) in [4.78, 5) is 0. The van der Waals surface area contributed by atoms with Crippen LogP contribution in [0.15, 0.2) is 28.8 Å². The van der Waals surface area contributed by atoms with Gasteiger partial charge in [-0.2, -0.15) is 0 Å². The topological polar surface area (TPSA) is 12.0 Å². The van der Waals surface area contributed by atoms with Crippen LogP contribution in [0.25, 0.3) is 0 Å². The van der Waals surface area contributed by atoms with Crippen molar-refractivity contribution in [3.63, 3.8) is 0 Å². The van der Waals surface area contributed by atoms with E-state index in [2.05, 4.69) is 67.7 Å². The molecule has 0 saturated heterocycles. The molecule has 0 radical (unpaired) electrons. The average molecular weight is 310 g/mol. The van der Waals surface area contributed by atoms with Gasteiger partial charge in [-0.15, -0.1) is 6.58 Å². The van der Waals surface area contributed by atoms with Gasteiger partial charge >= 0.3 is 0 Å². The Morgan fingerprint density at radius 1 is 1.33 bits per heavy atom. The summed E-state index contributed by atoms with van der Waals surface area (Å²) in [7, 11) is 0. The first kappa shape index (κ1) is 15.5. The quantitative estimate of drug-likeness (QED) is 0.723. The number of allylic oxidation sites excluding steroid dienone is 1. The molecule has 1 rings (SSSR count). The molecular formula is C16H24BrN. The highest BCUT2D eigenvalue weighted by molar-refractivity contribution is 9.10. The molecule has 18 heavy (non-hydrogen) atoms. The van der Waals surface area contributed by atoms with Gasteiger partial charge in [-0.25, -0.2) is 0 Å². The Morgan fingerprint density at radius 2 is 1.89 bits per heavy atom. The molecule has 0 amide bonds. The van der Waals surface area contributed by atoms with Crippen LogP contribution in [0.5, 0.6) is 0 Å². The lowest BCUT2D eigenvalue weighted by atomic mass is 9.96. The third-order valence-electron chi connectivity index (χ3n) is 3.17. The lowest BCUT2D eigenvalue weighted by Crippen LogP contribution is -2.21. The Bertz CT molecular complexity index is 400. The van der Waals surface area contributed by atoms with Crippen LogP contribution in [0, 0.1) is 13.8 Å². The second kappa shape index (κ2) is 7.10. The van der Waals surface area contributed by atoms with Crippen LogP contribution in [-0.2, 0) is 0 Å². The molecule has 2 heteroatoms. The molecule has 0 spiro atoms. The summed E-state index contributed by atoms with van der Waals surface area (Å²) >= 11 is 3.63. The van der Waals surface area contributed by atoms with Crippen molar-refractivity contribution in [2.24, 2.45) is 0 Å². The highest BCUT2D eigenvalue weighted by atomic mass is 79.9. The first-order valence-corrected chi connectivity index (χ1v) is 7.39.